The molecule has 0 atom stereocenters. The largest absolute Gasteiger partial charge is 0.478 e. The summed E-state index contributed by atoms with van der Waals surface area (Å²) < 4.78 is 1.78. The molecule has 0 radical (unpaired) electrons. The minimum Gasteiger partial charge on any atom is -0.478 e. The lowest BCUT2D eigenvalue weighted by molar-refractivity contribution is 0.0696. The first-order valence-corrected chi connectivity index (χ1v) is 6.37. The van der Waals surface area contributed by atoms with Gasteiger partial charge in [-0.1, -0.05) is 0 Å². The third kappa shape index (κ3) is 1.87. The predicted molar refractivity (Wildman–Crippen MR) is 74.2 cm³/mol. The Balaban J connectivity index is 1.96. The molecule has 1 aromatic carbocycles. The summed E-state index contributed by atoms with van der Waals surface area (Å²) in [7, 11) is 1.83. The molecule has 0 fully saturated rings. The van der Waals surface area contributed by atoms with Gasteiger partial charge in [-0.3, -0.25) is 4.79 Å². The van der Waals surface area contributed by atoms with Crippen molar-refractivity contribution >= 4 is 17.6 Å². The topological polar surface area (TPSA) is 62.5 Å². The van der Waals surface area contributed by atoms with Gasteiger partial charge in [-0.05, 0) is 42.3 Å². The number of aromatic nitrogens is 1. The highest BCUT2D eigenvalue weighted by atomic mass is 16.4. The van der Waals surface area contributed by atoms with E-state index in [4.69, 9.17) is 5.11 Å². The lowest BCUT2D eigenvalue weighted by Gasteiger charge is -2.17. The summed E-state index contributed by atoms with van der Waals surface area (Å²) in [5, 5.41) is 8.99. The SMILES string of the molecule is Cn1cccc1C(=O)N1CCc2cc(C(=O)O)ccc21. The van der Waals surface area contributed by atoms with Gasteiger partial charge in [-0.15, -0.1) is 0 Å². The van der Waals surface area contributed by atoms with Crippen molar-refractivity contribution in [3.8, 4) is 0 Å². The summed E-state index contributed by atoms with van der Waals surface area (Å²) in [5.41, 5.74) is 2.60. The van der Waals surface area contributed by atoms with E-state index < -0.39 is 5.97 Å². The molecule has 1 aliphatic heterocycles. The fourth-order valence-corrected chi connectivity index (χ4v) is 2.57. The van der Waals surface area contributed by atoms with E-state index >= 15 is 0 Å². The van der Waals surface area contributed by atoms with Gasteiger partial charge in [-0.2, -0.15) is 0 Å². The van der Waals surface area contributed by atoms with Crippen molar-refractivity contribution in [2.75, 3.05) is 11.4 Å². The Morgan fingerprint density at radius 2 is 2.05 bits per heavy atom. The second-order valence-electron chi connectivity index (χ2n) is 4.86. The number of fused-ring (bicyclic) bond motifs is 1. The summed E-state index contributed by atoms with van der Waals surface area (Å²) >= 11 is 0. The Labute approximate surface area is 116 Å². The first-order valence-electron chi connectivity index (χ1n) is 6.37. The molecular weight excluding hydrogens is 256 g/mol. The summed E-state index contributed by atoms with van der Waals surface area (Å²) in [4.78, 5) is 25.2. The molecule has 1 amide bonds. The molecule has 0 spiro atoms. The van der Waals surface area contributed by atoms with Gasteiger partial charge in [0.25, 0.3) is 5.91 Å². The molecule has 0 saturated carbocycles. The zero-order chi connectivity index (χ0) is 14.3. The van der Waals surface area contributed by atoms with Crippen molar-refractivity contribution in [1.29, 1.82) is 0 Å². The number of aromatic carboxylic acids is 1. The molecular formula is C15H14N2O3. The minimum absolute atomic E-state index is 0.0562. The number of amides is 1. The molecule has 20 heavy (non-hydrogen) atoms. The standard InChI is InChI=1S/C15H14N2O3/c1-16-7-2-3-13(16)14(18)17-8-6-10-9-11(15(19)20)4-5-12(10)17/h2-5,7,9H,6,8H2,1H3,(H,19,20). The molecule has 0 bridgehead atoms. The molecule has 1 aromatic heterocycles. The smallest absolute Gasteiger partial charge is 0.335 e. The van der Waals surface area contributed by atoms with Crippen molar-refractivity contribution in [3.05, 3.63) is 53.3 Å². The molecule has 3 rings (SSSR count). The Hall–Kier alpha value is -2.56. The molecule has 1 N–H and O–H groups in total. The fourth-order valence-electron chi connectivity index (χ4n) is 2.57. The van der Waals surface area contributed by atoms with Gasteiger partial charge < -0.3 is 14.6 Å². The van der Waals surface area contributed by atoms with Crippen molar-refractivity contribution in [3.63, 3.8) is 0 Å². The van der Waals surface area contributed by atoms with Gasteiger partial charge >= 0.3 is 5.97 Å². The first kappa shape index (κ1) is 12.5. The number of carbonyl (C=O) groups is 2. The van der Waals surface area contributed by atoms with Crippen LogP contribution in [0.15, 0.2) is 36.5 Å². The van der Waals surface area contributed by atoms with Crippen LogP contribution in [0.25, 0.3) is 0 Å². The van der Waals surface area contributed by atoms with Gasteiger partial charge in [-0.25, -0.2) is 4.79 Å². The maximum absolute atomic E-state index is 12.5. The number of hydrogen-bond acceptors (Lipinski definition) is 2. The zero-order valence-corrected chi connectivity index (χ0v) is 11.0. The fraction of sp³-hybridized carbons (Fsp3) is 0.200. The summed E-state index contributed by atoms with van der Waals surface area (Å²) in [6.45, 7) is 0.586. The predicted octanol–water partition coefficient (Wildman–Crippen LogP) is 1.93. The van der Waals surface area contributed by atoms with E-state index in [1.807, 2.05) is 19.3 Å². The van der Waals surface area contributed by atoms with Crippen molar-refractivity contribution in [1.82, 2.24) is 4.57 Å². The normalized spacial score (nSPS) is 13.3. The van der Waals surface area contributed by atoms with E-state index in [1.165, 1.54) is 6.07 Å². The van der Waals surface area contributed by atoms with E-state index in [2.05, 4.69) is 0 Å². The molecule has 1 aliphatic rings. The van der Waals surface area contributed by atoms with Gasteiger partial charge in [0.1, 0.15) is 5.69 Å². The second-order valence-corrected chi connectivity index (χ2v) is 4.86. The van der Waals surface area contributed by atoms with Crippen molar-refractivity contribution < 1.29 is 14.7 Å². The van der Waals surface area contributed by atoms with E-state index in [1.54, 1.807) is 27.7 Å². The van der Waals surface area contributed by atoms with Crippen LogP contribution in [-0.2, 0) is 13.5 Å². The van der Waals surface area contributed by atoms with Crippen LogP contribution in [0.1, 0.15) is 26.4 Å². The highest BCUT2D eigenvalue weighted by Crippen LogP contribution is 2.30. The van der Waals surface area contributed by atoms with E-state index in [0.29, 0.717) is 18.7 Å². The van der Waals surface area contributed by atoms with Crippen LogP contribution in [-0.4, -0.2) is 28.1 Å². The number of aryl methyl sites for hydroxylation is 1. The van der Waals surface area contributed by atoms with Crippen molar-refractivity contribution in [2.45, 2.75) is 6.42 Å². The minimum atomic E-state index is -0.944. The van der Waals surface area contributed by atoms with Gasteiger partial charge in [0.05, 0.1) is 5.56 Å². The molecule has 0 saturated heterocycles. The lowest BCUT2D eigenvalue weighted by atomic mass is 10.1. The van der Waals surface area contributed by atoms with Crippen LogP contribution < -0.4 is 4.90 Å². The van der Waals surface area contributed by atoms with Gasteiger partial charge in [0.15, 0.2) is 0 Å². The number of anilines is 1. The maximum Gasteiger partial charge on any atom is 0.335 e. The number of rotatable bonds is 2. The molecule has 102 valence electrons. The Kier molecular flexibility index (Phi) is 2.82. The molecule has 2 aromatic rings. The molecule has 5 heteroatoms. The monoisotopic (exact) mass is 270 g/mol. The van der Waals surface area contributed by atoms with E-state index in [0.717, 1.165) is 11.3 Å². The molecule has 2 heterocycles. The third-order valence-electron chi connectivity index (χ3n) is 3.63. The van der Waals surface area contributed by atoms with E-state index in [9.17, 15) is 9.59 Å². The van der Waals surface area contributed by atoms with Crippen LogP contribution in [0, 0.1) is 0 Å². The van der Waals surface area contributed by atoms with Gasteiger partial charge in [0, 0.05) is 25.5 Å². The highest BCUT2D eigenvalue weighted by molar-refractivity contribution is 6.06. The second kappa shape index (κ2) is 4.52. The third-order valence-corrected chi connectivity index (χ3v) is 3.63. The number of carbonyl (C=O) groups excluding carboxylic acids is 1. The molecule has 5 nitrogen and oxygen atoms in total. The van der Waals surface area contributed by atoms with Crippen LogP contribution in [0.5, 0.6) is 0 Å². The Morgan fingerprint density at radius 1 is 1.25 bits per heavy atom. The number of carboxylic acids is 1. The quantitative estimate of drug-likeness (QED) is 0.907. The van der Waals surface area contributed by atoms with Crippen LogP contribution in [0.2, 0.25) is 0 Å². The summed E-state index contributed by atoms with van der Waals surface area (Å²) in [6, 6.07) is 8.52. The number of benzene rings is 1. The summed E-state index contributed by atoms with van der Waals surface area (Å²) in [6.07, 6.45) is 2.52. The number of hydrogen-bond donors (Lipinski definition) is 1. The zero-order valence-electron chi connectivity index (χ0n) is 11.0. The van der Waals surface area contributed by atoms with E-state index in [-0.39, 0.29) is 11.5 Å². The van der Waals surface area contributed by atoms with Gasteiger partial charge in [0.2, 0.25) is 0 Å². The lowest BCUT2D eigenvalue weighted by Crippen LogP contribution is -2.30. The average molecular weight is 270 g/mol. The van der Waals surface area contributed by atoms with Crippen LogP contribution >= 0.6 is 0 Å². The molecule has 0 unspecified atom stereocenters. The Morgan fingerprint density at radius 3 is 2.70 bits per heavy atom. The first-order chi connectivity index (χ1) is 9.58. The maximum atomic E-state index is 12.5. The van der Waals surface area contributed by atoms with Crippen molar-refractivity contribution in [2.24, 2.45) is 7.05 Å². The van der Waals surface area contributed by atoms with Crippen LogP contribution in [0.3, 0.4) is 0 Å². The number of carboxylic acid groups (broad SMARTS) is 1. The summed E-state index contributed by atoms with van der Waals surface area (Å²) in [5.74, 6) is -1.00. The Bertz CT molecular complexity index is 703. The van der Waals surface area contributed by atoms with Crippen LogP contribution in [0.4, 0.5) is 5.69 Å². The average Bonchev–Trinajstić information content (AvgIpc) is 3.03. The molecule has 0 aliphatic carbocycles. The highest BCUT2D eigenvalue weighted by Gasteiger charge is 2.27. The number of nitrogens with zero attached hydrogens (tertiary/aromatic N) is 2.